The standard InChI is InChI=1S/C21H29F2N3O2/c22-16-4-1-2-6-19(16)25-10-7-14(8-11-25)28-13-20-18(24)5-3-9-26(20)21(27)15-12-17(15)23/h1-2,4,6,14-15,17-18,20H,3,5,7-13,24H2/t15?,17-,18-,20-/m0/s1. The predicted molar refractivity (Wildman–Crippen MR) is 103 cm³/mol. The summed E-state index contributed by atoms with van der Waals surface area (Å²) in [4.78, 5) is 16.3. The number of alkyl halides is 1. The second-order valence-corrected chi connectivity index (χ2v) is 8.23. The van der Waals surface area contributed by atoms with Crippen molar-refractivity contribution in [1.82, 2.24) is 4.90 Å². The van der Waals surface area contributed by atoms with Gasteiger partial charge in [-0.1, -0.05) is 12.1 Å². The van der Waals surface area contributed by atoms with E-state index >= 15 is 0 Å². The Morgan fingerprint density at radius 2 is 1.89 bits per heavy atom. The third-order valence-electron chi connectivity index (χ3n) is 6.28. The van der Waals surface area contributed by atoms with Crippen molar-refractivity contribution >= 4 is 11.6 Å². The van der Waals surface area contributed by atoms with Crippen molar-refractivity contribution in [1.29, 1.82) is 0 Å². The van der Waals surface area contributed by atoms with Crippen molar-refractivity contribution in [3.8, 4) is 0 Å². The van der Waals surface area contributed by atoms with Gasteiger partial charge in [-0.25, -0.2) is 8.78 Å². The van der Waals surface area contributed by atoms with Gasteiger partial charge in [-0.3, -0.25) is 4.79 Å². The molecule has 0 radical (unpaired) electrons. The summed E-state index contributed by atoms with van der Waals surface area (Å²) in [7, 11) is 0. The Bertz CT molecular complexity index is 696. The summed E-state index contributed by atoms with van der Waals surface area (Å²) in [5.41, 5.74) is 6.91. The fraction of sp³-hybridized carbons (Fsp3) is 0.667. The van der Waals surface area contributed by atoms with E-state index in [1.165, 1.54) is 6.07 Å². The largest absolute Gasteiger partial charge is 0.376 e. The molecule has 2 saturated heterocycles. The van der Waals surface area contributed by atoms with Crippen molar-refractivity contribution in [3.63, 3.8) is 0 Å². The highest BCUT2D eigenvalue weighted by atomic mass is 19.1. The molecule has 4 atom stereocenters. The lowest BCUT2D eigenvalue weighted by Crippen LogP contribution is -2.57. The zero-order chi connectivity index (χ0) is 19.7. The van der Waals surface area contributed by atoms with Gasteiger partial charge in [0.05, 0.1) is 30.4 Å². The fourth-order valence-corrected chi connectivity index (χ4v) is 4.41. The minimum absolute atomic E-state index is 0.0731. The Labute approximate surface area is 164 Å². The summed E-state index contributed by atoms with van der Waals surface area (Å²) in [5.74, 6) is -0.780. The van der Waals surface area contributed by atoms with Crippen molar-refractivity contribution in [2.24, 2.45) is 11.7 Å². The summed E-state index contributed by atoms with van der Waals surface area (Å²) in [6.45, 7) is 2.49. The van der Waals surface area contributed by atoms with Gasteiger partial charge in [0, 0.05) is 25.7 Å². The first kappa shape index (κ1) is 19.6. The van der Waals surface area contributed by atoms with E-state index in [1.807, 2.05) is 11.0 Å². The lowest BCUT2D eigenvalue weighted by atomic mass is 9.96. The number of amides is 1. The highest BCUT2D eigenvalue weighted by Gasteiger charge is 2.48. The van der Waals surface area contributed by atoms with E-state index in [2.05, 4.69) is 0 Å². The fourth-order valence-electron chi connectivity index (χ4n) is 4.41. The van der Waals surface area contributed by atoms with Crippen molar-refractivity contribution in [3.05, 3.63) is 30.1 Å². The van der Waals surface area contributed by atoms with Crippen LogP contribution in [0.5, 0.6) is 0 Å². The number of piperidine rings is 2. The lowest BCUT2D eigenvalue weighted by molar-refractivity contribution is -0.140. The average molecular weight is 393 g/mol. The smallest absolute Gasteiger partial charge is 0.229 e. The molecule has 2 N–H and O–H groups in total. The summed E-state index contributed by atoms with van der Waals surface area (Å²) in [6, 6.07) is 6.51. The monoisotopic (exact) mass is 393 g/mol. The van der Waals surface area contributed by atoms with E-state index in [0.717, 1.165) is 38.8 Å². The van der Waals surface area contributed by atoms with E-state index in [9.17, 15) is 13.6 Å². The van der Waals surface area contributed by atoms with Crippen molar-refractivity contribution in [2.75, 3.05) is 31.1 Å². The number of rotatable bonds is 5. The second-order valence-electron chi connectivity index (χ2n) is 8.23. The second kappa shape index (κ2) is 8.33. The molecule has 0 spiro atoms. The van der Waals surface area contributed by atoms with Gasteiger partial charge in [-0.15, -0.1) is 0 Å². The zero-order valence-corrected chi connectivity index (χ0v) is 16.1. The minimum atomic E-state index is -0.991. The van der Waals surface area contributed by atoms with E-state index in [0.29, 0.717) is 25.3 Å². The molecule has 2 heterocycles. The Kier molecular flexibility index (Phi) is 5.83. The molecule has 3 fully saturated rings. The van der Waals surface area contributed by atoms with Crippen LogP contribution in [0.25, 0.3) is 0 Å². The van der Waals surface area contributed by atoms with Gasteiger partial charge in [0.2, 0.25) is 5.91 Å². The van der Waals surface area contributed by atoms with Crippen LogP contribution < -0.4 is 10.6 Å². The number of hydrogen-bond donors (Lipinski definition) is 1. The number of carbonyl (C=O) groups is 1. The third kappa shape index (κ3) is 4.15. The maximum absolute atomic E-state index is 14.0. The molecular weight excluding hydrogens is 364 g/mol. The Hall–Kier alpha value is -1.73. The first-order chi connectivity index (χ1) is 13.5. The molecule has 1 aromatic carbocycles. The first-order valence-electron chi connectivity index (χ1n) is 10.4. The SMILES string of the molecule is N[C@H]1CCCN(C(=O)C2C[C@@H]2F)[C@H]1COC1CCN(c2ccccc2F)CC1. The molecule has 3 aliphatic rings. The van der Waals surface area contributed by atoms with E-state index in [1.54, 1.807) is 17.0 Å². The van der Waals surface area contributed by atoms with Crippen LogP contribution in [-0.4, -0.2) is 61.4 Å². The van der Waals surface area contributed by atoms with E-state index in [-0.39, 0.29) is 29.9 Å². The minimum Gasteiger partial charge on any atom is -0.376 e. The highest BCUT2D eigenvalue weighted by molar-refractivity contribution is 5.82. The maximum Gasteiger partial charge on any atom is 0.229 e. The Morgan fingerprint density at radius 1 is 1.18 bits per heavy atom. The number of carbonyl (C=O) groups excluding carboxylic acids is 1. The number of nitrogens with zero attached hydrogens (tertiary/aromatic N) is 2. The molecule has 1 aliphatic carbocycles. The van der Waals surface area contributed by atoms with Crippen LogP contribution in [0.3, 0.4) is 0 Å². The first-order valence-corrected chi connectivity index (χ1v) is 10.4. The van der Waals surface area contributed by atoms with Gasteiger partial charge < -0.3 is 20.3 Å². The van der Waals surface area contributed by atoms with Gasteiger partial charge in [0.15, 0.2) is 0 Å². The predicted octanol–water partition coefficient (Wildman–Crippen LogP) is 2.49. The van der Waals surface area contributed by atoms with E-state index in [4.69, 9.17) is 10.5 Å². The van der Waals surface area contributed by atoms with Crippen LogP contribution >= 0.6 is 0 Å². The molecular formula is C21H29F2N3O2. The quantitative estimate of drug-likeness (QED) is 0.835. The molecule has 5 nitrogen and oxygen atoms in total. The summed E-state index contributed by atoms with van der Waals surface area (Å²) < 4.78 is 33.4. The van der Waals surface area contributed by atoms with Gasteiger partial charge in [0.25, 0.3) is 0 Å². The van der Waals surface area contributed by atoms with Gasteiger partial charge in [-0.2, -0.15) is 0 Å². The molecule has 1 amide bonds. The molecule has 1 aromatic rings. The Balaban J connectivity index is 1.30. The Morgan fingerprint density at radius 3 is 2.57 bits per heavy atom. The third-order valence-corrected chi connectivity index (χ3v) is 6.28. The van der Waals surface area contributed by atoms with Gasteiger partial charge in [-0.05, 0) is 44.2 Å². The molecule has 0 aromatic heterocycles. The van der Waals surface area contributed by atoms with Crippen molar-refractivity contribution in [2.45, 2.75) is 56.5 Å². The zero-order valence-electron chi connectivity index (χ0n) is 16.1. The van der Waals surface area contributed by atoms with Gasteiger partial charge in [0.1, 0.15) is 12.0 Å². The number of anilines is 1. The molecule has 2 aliphatic heterocycles. The molecule has 4 rings (SSSR count). The topological polar surface area (TPSA) is 58.8 Å². The average Bonchev–Trinajstić information content (AvgIpc) is 3.44. The van der Waals surface area contributed by atoms with Crippen LogP contribution in [0.15, 0.2) is 24.3 Å². The van der Waals surface area contributed by atoms with Gasteiger partial charge >= 0.3 is 0 Å². The van der Waals surface area contributed by atoms with Crippen LogP contribution in [0.1, 0.15) is 32.1 Å². The lowest BCUT2D eigenvalue weighted by Gasteiger charge is -2.41. The molecule has 154 valence electrons. The summed E-state index contributed by atoms with van der Waals surface area (Å²) >= 11 is 0. The molecule has 0 bridgehead atoms. The number of likely N-dealkylation sites (tertiary alicyclic amines) is 1. The number of benzene rings is 1. The number of ether oxygens (including phenoxy) is 1. The molecule has 1 unspecified atom stereocenters. The van der Waals surface area contributed by atoms with Crippen LogP contribution in [0.4, 0.5) is 14.5 Å². The van der Waals surface area contributed by atoms with Crippen LogP contribution in [0, 0.1) is 11.7 Å². The number of hydrogen-bond acceptors (Lipinski definition) is 4. The molecule has 7 heteroatoms. The van der Waals surface area contributed by atoms with Crippen LogP contribution in [-0.2, 0) is 9.53 Å². The summed E-state index contributed by atoms with van der Waals surface area (Å²) in [5, 5.41) is 0. The van der Waals surface area contributed by atoms with E-state index < -0.39 is 12.1 Å². The maximum atomic E-state index is 14.0. The number of nitrogens with two attached hydrogens (primary N) is 1. The number of para-hydroxylation sites is 1. The summed E-state index contributed by atoms with van der Waals surface area (Å²) in [6.07, 6.45) is 2.74. The number of halogens is 2. The highest BCUT2D eigenvalue weighted by Crippen LogP contribution is 2.37. The molecule has 1 saturated carbocycles. The normalized spacial score (nSPS) is 31.1. The van der Waals surface area contributed by atoms with Crippen LogP contribution in [0.2, 0.25) is 0 Å². The molecule has 28 heavy (non-hydrogen) atoms. The van der Waals surface area contributed by atoms with Crippen molar-refractivity contribution < 1.29 is 18.3 Å².